The zero-order chi connectivity index (χ0) is 19.9. The Morgan fingerprint density at radius 3 is 2.19 bits per heavy atom. The number of rotatable bonds is 8. The highest BCUT2D eigenvalue weighted by Gasteiger charge is 2.34. The molecule has 0 fully saturated rings. The van der Waals surface area contributed by atoms with Gasteiger partial charge >= 0.3 is 6.09 Å². The van der Waals surface area contributed by atoms with Gasteiger partial charge in [-0.1, -0.05) is 58.0 Å². The molecular weight excluding hydrogens is 328 g/mol. The number of nitrogens with one attached hydrogen (secondary N) is 1. The molecule has 0 heterocycles. The zero-order valence-electron chi connectivity index (χ0n) is 17.2. The average Bonchev–Trinajstić information content (AvgIpc) is 2.55. The van der Waals surface area contributed by atoms with Crippen molar-refractivity contribution in [2.75, 3.05) is 13.6 Å². The number of carbonyl (C=O) groups is 2. The molecule has 0 aliphatic carbocycles. The van der Waals surface area contributed by atoms with E-state index in [4.69, 9.17) is 4.74 Å². The van der Waals surface area contributed by atoms with E-state index in [9.17, 15) is 9.59 Å². The Balaban J connectivity index is 2.97. The van der Waals surface area contributed by atoms with E-state index in [1.54, 1.807) is 7.05 Å². The average molecular weight is 363 g/mol. The molecule has 26 heavy (non-hydrogen) atoms. The van der Waals surface area contributed by atoms with Crippen LogP contribution in [-0.2, 0) is 9.53 Å². The van der Waals surface area contributed by atoms with E-state index in [0.29, 0.717) is 12.5 Å². The van der Waals surface area contributed by atoms with Crippen molar-refractivity contribution < 1.29 is 14.3 Å². The summed E-state index contributed by atoms with van der Waals surface area (Å²) < 4.78 is 5.66. The Bertz CT molecular complexity index is 582. The molecule has 0 bridgehead atoms. The summed E-state index contributed by atoms with van der Waals surface area (Å²) in [6.07, 6.45) is 0.387. The fourth-order valence-electron chi connectivity index (χ4n) is 2.29. The van der Waals surface area contributed by atoms with Crippen LogP contribution in [0.1, 0.15) is 59.6 Å². The molecule has 2 amide bonds. The summed E-state index contributed by atoms with van der Waals surface area (Å²) in [6.45, 7) is 12.6. The van der Waals surface area contributed by atoms with Crippen LogP contribution in [0, 0.1) is 11.8 Å². The van der Waals surface area contributed by atoms with Gasteiger partial charge in [0.15, 0.2) is 0 Å². The maximum Gasteiger partial charge on any atom is 0.411 e. The Morgan fingerprint density at radius 1 is 1.12 bits per heavy atom. The van der Waals surface area contributed by atoms with Gasteiger partial charge in [0.25, 0.3) is 0 Å². The van der Waals surface area contributed by atoms with Gasteiger partial charge in [0, 0.05) is 13.6 Å². The van der Waals surface area contributed by atoms with Crippen molar-refractivity contribution in [3.05, 3.63) is 35.9 Å². The first-order chi connectivity index (χ1) is 12.1. The van der Waals surface area contributed by atoms with Crippen LogP contribution in [0.25, 0.3) is 0 Å². The molecular formula is C21H34N2O3. The van der Waals surface area contributed by atoms with Crippen LogP contribution in [0.15, 0.2) is 30.3 Å². The van der Waals surface area contributed by atoms with Crippen LogP contribution >= 0.6 is 0 Å². The van der Waals surface area contributed by atoms with Crippen LogP contribution in [0.5, 0.6) is 0 Å². The van der Waals surface area contributed by atoms with Crippen molar-refractivity contribution in [3.8, 4) is 0 Å². The second-order valence-corrected chi connectivity index (χ2v) is 8.02. The van der Waals surface area contributed by atoms with Gasteiger partial charge in [-0.3, -0.25) is 9.69 Å². The minimum absolute atomic E-state index is 0.162. The van der Waals surface area contributed by atoms with Crippen molar-refractivity contribution >= 4 is 12.0 Å². The smallest absolute Gasteiger partial charge is 0.411 e. The lowest BCUT2D eigenvalue weighted by Gasteiger charge is -2.34. The normalized spacial score (nSPS) is 12.8. The SMILES string of the molecule is CC(C)CCNC(=O)C(c1ccccc1)N(C)C(=O)OC(C)(C)C(C)C. The fraction of sp³-hybridized carbons (Fsp3) is 0.619. The van der Waals surface area contributed by atoms with Crippen LogP contribution in [0.4, 0.5) is 4.79 Å². The van der Waals surface area contributed by atoms with Gasteiger partial charge in [-0.25, -0.2) is 4.79 Å². The van der Waals surface area contributed by atoms with Crippen molar-refractivity contribution in [1.29, 1.82) is 0 Å². The van der Waals surface area contributed by atoms with E-state index < -0.39 is 17.7 Å². The van der Waals surface area contributed by atoms with Crippen molar-refractivity contribution in [2.45, 2.75) is 59.6 Å². The molecule has 0 aliphatic heterocycles. The molecule has 0 aromatic heterocycles. The quantitative estimate of drug-likeness (QED) is 0.746. The number of benzene rings is 1. The molecule has 1 aromatic carbocycles. The lowest BCUT2D eigenvalue weighted by Crippen LogP contribution is -2.45. The summed E-state index contributed by atoms with van der Waals surface area (Å²) in [5.41, 5.74) is 0.150. The van der Waals surface area contributed by atoms with Gasteiger partial charge in [0.2, 0.25) is 5.91 Å². The Hall–Kier alpha value is -2.04. The molecule has 1 unspecified atom stereocenters. The summed E-state index contributed by atoms with van der Waals surface area (Å²) in [5, 5.41) is 2.95. The third kappa shape index (κ3) is 6.36. The van der Waals surface area contributed by atoms with Crippen molar-refractivity contribution in [1.82, 2.24) is 10.2 Å². The monoisotopic (exact) mass is 362 g/mol. The molecule has 5 nitrogen and oxygen atoms in total. The Kier molecular flexibility index (Phi) is 8.12. The number of nitrogens with zero attached hydrogens (tertiary/aromatic N) is 1. The van der Waals surface area contributed by atoms with Gasteiger partial charge < -0.3 is 10.1 Å². The molecule has 1 N–H and O–H groups in total. The van der Waals surface area contributed by atoms with Gasteiger partial charge in [0.1, 0.15) is 11.6 Å². The molecule has 0 saturated heterocycles. The minimum Gasteiger partial charge on any atom is -0.443 e. The minimum atomic E-state index is -0.723. The standard InChI is InChI=1S/C21H34N2O3/c1-15(2)13-14-22-19(24)18(17-11-9-8-10-12-17)23(7)20(25)26-21(5,6)16(3)4/h8-12,15-16,18H,13-14H2,1-7H3,(H,22,24). The van der Waals surface area contributed by atoms with Crippen molar-refractivity contribution in [3.63, 3.8) is 0 Å². The highest BCUT2D eigenvalue weighted by Crippen LogP contribution is 2.25. The molecule has 5 heteroatoms. The zero-order valence-corrected chi connectivity index (χ0v) is 17.2. The summed E-state index contributed by atoms with van der Waals surface area (Å²) in [6, 6.07) is 8.59. The first-order valence-corrected chi connectivity index (χ1v) is 9.34. The molecule has 0 radical (unpaired) electrons. The maximum atomic E-state index is 12.8. The number of amides is 2. The second kappa shape index (κ2) is 9.60. The number of hydrogen-bond donors (Lipinski definition) is 1. The lowest BCUT2D eigenvalue weighted by molar-refractivity contribution is -0.126. The maximum absolute atomic E-state index is 12.8. The van der Waals surface area contributed by atoms with E-state index in [0.717, 1.165) is 12.0 Å². The van der Waals surface area contributed by atoms with Crippen LogP contribution in [-0.4, -0.2) is 36.1 Å². The van der Waals surface area contributed by atoms with Crippen LogP contribution < -0.4 is 5.32 Å². The van der Waals surface area contributed by atoms with Crippen LogP contribution in [0.2, 0.25) is 0 Å². The molecule has 1 atom stereocenters. The van der Waals surface area contributed by atoms with E-state index in [1.165, 1.54) is 4.90 Å². The predicted octanol–water partition coefficient (Wildman–Crippen LogP) is 4.39. The van der Waals surface area contributed by atoms with Gasteiger partial charge in [-0.05, 0) is 37.7 Å². The third-order valence-corrected chi connectivity index (χ3v) is 4.80. The Labute approximate surface area is 158 Å². The van der Waals surface area contributed by atoms with Gasteiger partial charge in [0.05, 0.1) is 0 Å². The number of likely N-dealkylation sites (N-methyl/N-ethyl adjacent to an activating group) is 1. The van der Waals surface area contributed by atoms with Gasteiger partial charge in [-0.2, -0.15) is 0 Å². The molecule has 0 saturated carbocycles. The summed E-state index contributed by atoms with van der Waals surface area (Å²) in [5.74, 6) is 0.466. The molecule has 1 aromatic rings. The van der Waals surface area contributed by atoms with E-state index in [1.807, 2.05) is 58.0 Å². The summed E-state index contributed by atoms with van der Waals surface area (Å²) in [4.78, 5) is 26.9. The van der Waals surface area contributed by atoms with Crippen molar-refractivity contribution in [2.24, 2.45) is 11.8 Å². The van der Waals surface area contributed by atoms with E-state index >= 15 is 0 Å². The molecule has 0 aliphatic rings. The Morgan fingerprint density at radius 2 is 1.69 bits per heavy atom. The van der Waals surface area contributed by atoms with Crippen LogP contribution in [0.3, 0.4) is 0 Å². The summed E-state index contributed by atoms with van der Waals surface area (Å²) >= 11 is 0. The molecule has 1 rings (SSSR count). The highest BCUT2D eigenvalue weighted by atomic mass is 16.6. The second-order valence-electron chi connectivity index (χ2n) is 8.02. The lowest BCUT2D eigenvalue weighted by atomic mass is 9.95. The highest BCUT2D eigenvalue weighted by molar-refractivity contribution is 5.86. The third-order valence-electron chi connectivity index (χ3n) is 4.80. The van der Waals surface area contributed by atoms with Gasteiger partial charge in [-0.15, -0.1) is 0 Å². The first-order valence-electron chi connectivity index (χ1n) is 9.34. The van der Waals surface area contributed by atoms with E-state index in [2.05, 4.69) is 19.2 Å². The topological polar surface area (TPSA) is 58.6 Å². The number of hydrogen-bond acceptors (Lipinski definition) is 3. The number of ether oxygens (including phenoxy) is 1. The van der Waals surface area contributed by atoms with E-state index in [-0.39, 0.29) is 11.8 Å². The first kappa shape index (κ1) is 22.0. The number of carbonyl (C=O) groups excluding carboxylic acids is 2. The summed E-state index contributed by atoms with van der Waals surface area (Å²) in [7, 11) is 1.61. The largest absolute Gasteiger partial charge is 0.443 e. The predicted molar refractivity (Wildman–Crippen MR) is 105 cm³/mol. The molecule has 146 valence electrons. The molecule has 0 spiro atoms. The fourth-order valence-corrected chi connectivity index (χ4v) is 2.29.